The van der Waals surface area contributed by atoms with Gasteiger partial charge in [-0.2, -0.15) is 0 Å². The molecule has 3 N–H and O–H groups in total. The molecule has 19 heavy (non-hydrogen) atoms. The zero-order valence-electron chi connectivity index (χ0n) is 10.8. The second kappa shape index (κ2) is 8.28. The van der Waals surface area contributed by atoms with E-state index >= 15 is 0 Å². The minimum Gasteiger partial charge on any atom is -0.389 e. The van der Waals surface area contributed by atoms with E-state index in [0.29, 0.717) is 13.2 Å². The predicted molar refractivity (Wildman–Crippen MR) is 70.0 cm³/mol. The van der Waals surface area contributed by atoms with Crippen molar-refractivity contribution in [1.82, 2.24) is 15.2 Å². The highest BCUT2D eigenvalue weighted by Gasteiger charge is 2.07. The van der Waals surface area contributed by atoms with Gasteiger partial charge < -0.3 is 25.0 Å². The summed E-state index contributed by atoms with van der Waals surface area (Å²) < 4.78 is 6.16. The fourth-order valence-electron chi connectivity index (χ4n) is 1.44. The summed E-state index contributed by atoms with van der Waals surface area (Å²) in [6.45, 7) is 1.03. The summed E-state index contributed by atoms with van der Waals surface area (Å²) in [6, 6.07) is 4.38. The van der Waals surface area contributed by atoms with E-state index in [1.54, 1.807) is 25.4 Å². The first-order chi connectivity index (χ1) is 9.13. The summed E-state index contributed by atoms with van der Waals surface area (Å²) >= 11 is 0. The quantitative estimate of drug-likeness (QED) is 0.562. The number of pyridine rings is 1. The van der Waals surface area contributed by atoms with Crippen molar-refractivity contribution in [3.8, 4) is 0 Å². The van der Waals surface area contributed by atoms with Crippen molar-refractivity contribution in [3.05, 3.63) is 34.7 Å². The zero-order valence-corrected chi connectivity index (χ0v) is 10.8. The van der Waals surface area contributed by atoms with Gasteiger partial charge in [0.1, 0.15) is 0 Å². The van der Waals surface area contributed by atoms with Gasteiger partial charge >= 0.3 is 6.03 Å². The zero-order chi connectivity index (χ0) is 14.1. The third-order valence-electron chi connectivity index (χ3n) is 2.40. The Balaban J connectivity index is 2.28. The van der Waals surface area contributed by atoms with Crippen LogP contribution in [0.5, 0.6) is 0 Å². The Morgan fingerprint density at radius 3 is 2.95 bits per heavy atom. The number of urea groups is 1. The Hall–Kier alpha value is -1.86. The number of rotatable bonds is 7. The third-order valence-corrected chi connectivity index (χ3v) is 2.40. The van der Waals surface area contributed by atoms with Crippen LogP contribution in [0.3, 0.4) is 0 Å². The molecule has 0 aliphatic rings. The molecule has 0 saturated carbocycles. The van der Waals surface area contributed by atoms with Crippen LogP contribution in [-0.2, 0) is 11.3 Å². The van der Waals surface area contributed by atoms with Crippen LogP contribution in [0.4, 0.5) is 4.79 Å². The van der Waals surface area contributed by atoms with Crippen LogP contribution in [0.1, 0.15) is 0 Å². The van der Waals surface area contributed by atoms with Crippen LogP contribution < -0.4 is 16.2 Å². The summed E-state index contributed by atoms with van der Waals surface area (Å²) in [5.74, 6) is 0. The summed E-state index contributed by atoms with van der Waals surface area (Å²) in [7, 11) is 1.54. The minimum atomic E-state index is -0.826. The maximum atomic E-state index is 11.4. The minimum absolute atomic E-state index is 0.0696. The largest absolute Gasteiger partial charge is 0.389 e. The predicted octanol–water partition coefficient (Wildman–Crippen LogP) is -0.845. The van der Waals surface area contributed by atoms with Gasteiger partial charge in [-0.3, -0.25) is 4.79 Å². The van der Waals surface area contributed by atoms with E-state index in [4.69, 9.17) is 4.74 Å². The van der Waals surface area contributed by atoms with Crippen LogP contribution in [0.15, 0.2) is 29.2 Å². The van der Waals surface area contributed by atoms with Crippen LogP contribution >= 0.6 is 0 Å². The number of amides is 2. The van der Waals surface area contributed by atoms with E-state index in [1.807, 2.05) is 0 Å². The molecule has 2 amide bonds. The molecule has 106 valence electrons. The molecule has 0 aliphatic carbocycles. The van der Waals surface area contributed by atoms with Crippen molar-refractivity contribution >= 4 is 6.03 Å². The molecule has 1 rings (SSSR count). The lowest BCUT2D eigenvalue weighted by atomic mass is 10.3. The first-order valence-electron chi connectivity index (χ1n) is 5.97. The number of nitrogens with zero attached hydrogens (tertiary/aromatic N) is 1. The van der Waals surface area contributed by atoms with Gasteiger partial charge in [-0.25, -0.2) is 4.79 Å². The highest BCUT2D eigenvalue weighted by Crippen LogP contribution is 1.88. The number of hydrogen-bond donors (Lipinski definition) is 3. The summed E-state index contributed by atoms with van der Waals surface area (Å²) in [4.78, 5) is 22.7. The summed E-state index contributed by atoms with van der Waals surface area (Å²) in [6.07, 6.45) is 0.762. The fourth-order valence-corrected chi connectivity index (χ4v) is 1.44. The monoisotopic (exact) mass is 269 g/mol. The lowest BCUT2D eigenvalue weighted by molar-refractivity contribution is 0.149. The lowest BCUT2D eigenvalue weighted by Gasteiger charge is -2.13. The Labute approximate surface area is 111 Å². The first kappa shape index (κ1) is 15.2. The Bertz CT molecular complexity index is 447. The molecule has 7 nitrogen and oxygen atoms in total. The number of carbonyl (C=O) groups is 1. The Morgan fingerprint density at radius 2 is 2.26 bits per heavy atom. The van der Waals surface area contributed by atoms with Crippen molar-refractivity contribution in [3.63, 3.8) is 0 Å². The average Bonchev–Trinajstić information content (AvgIpc) is 2.39. The van der Waals surface area contributed by atoms with Crippen LogP contribution in [0.2, 0.25) is 0 Å². The van der Waals surface area contributed by atoms with Crippen molar-refractivity contribution in [2.45, 2.75) is 12.6 Å². The van der Waals surface area contributed by atoms with E-state index in [0.717, 1.165) is 0 Å². The number of aliphatic hydroxyl groups excluding tert-OH is 1. The SMILES string of the molecule is COCCNC(=O)NCC(O)Cn1ccccc1=O. The molecule has 0 aliphatic heterocycles. The van der Waals surface area contributed by atoms with Crippen LogP contribution in [0, 0.1) is 0 Å². The normalized spacial score (nSPS) is 11.9. The molecule has 1 heterocycles. The van der Waals surface area contributed by atoms with Crippen LogP contribution in [0.25, 0.3) is 0 Å². The average molecular weight is 269 g/mol. The van der Waals surface area contributed by atoms with Crippen LogP contribution in [-0.4, -0.2) is 48.6 Å². The number of methoxy groups -OCH3 is 1. The molecule has 0 spiro atoms. The van der Waals surface area contributed by atoms with E-state index < -0.39 is 6.10 Å². The molecule has 0 fully saturated rings. The lowest BCUT2D eigenvalue weighted by Crippen LogP contribution is -2.42. The van der Waals surface area contributed by atoms with Gasteiger partial charge in [-0.1, -0.05) is 6.07 Å². The van der Waals surface area contributed by atoms with Gasteiger partial charge in [0.25, 0.3) is 5.56 Å². The number of aromatic nitrogens is 1. The number of nitrogens with one attached hydrogen (secondary N) is 2. The highest BCUT2D eigenvalue weighted by molar-refractivity contribution is 5.73. The smallest absolute Gasteiger partial charge is 0.314 e. The van der Waals surface area contributed by atoms with Crippen molar-refractivity contribution in [2.75, 3.05) is 26.8 Å². The topological polar surface area (TPSA) is 92.6 Å². The molecule has 0 aromatic carbocycles. The molecule has 0 saturated heterocycles. The van der Waals surface area contributed by atoms with E-state index in [-0.39, 0.29) is 24.7 Å². The van der Waals surface area contributed by atoms with E-state index in [1.165, 1.54) is 10.6 Å². The van der Waals surface area contributed by atoms with Crippen molar-refractivity contribution in [2.24, 2.45) is 0 Å². The Kier molecular flexibility index (Phi) is 6.62. The maximum absolute atomic E-state index is 11.4. The summed E-state index contributed by atoms with van der Waals surface area (Å²) in [5.41, 5.74) is -0.189. The molecular formula is C12H19N3O4. The second-order valence-corrected chi connectivity index (χ2v) is 3.97. The van der Waals surface area contributed by atoms with Gasteiger partial charge in [0.05, 0.1) is 19.3 Å². The molecule has 1 aromatic rings. The fraction of sp³-hybridized carbons (Fsp3) is 0.500. The van der Waals surface area contributed by atoms with Crippen molar-refractivity contribution in [1.29, 1.82) is 0 Å². The molecule has 1 unspecified atom stereocenters. The molecule has 0 radical (unpaired) electrons. The second-order valence-electron chi connectivity index (χ2n) is 3.97. The van der Waals surface area contributed by atoms with Gasteiger partial charge in [0.2, 0.25) is 0 Å². The molecular weight excluding hydrogens is 250 g/mol. The highest BCUT2D eigenvalue weighted by atomic mass is 16.5. The van der Waals surface area contributed by atoms with Gasteiger partial charge in [0.15, 0.2) is 0 Å². The number of hydrogen-bond acceptors (Lipinski definition) is 4. The standard InChI is InChI=1S/C12H19N3O4/c1-19-7-5-13-12(18)14-8-10(16)9-15-6-3-2-4-11(15)17/h2-4,6,10,16H,5,7-9H2,1H3,(H2,13,14,18). The van der Waals surface area contributed by atoms with Gasteiger partial charge in [-0.05, 0) is 6.07 Å². The maximum Gasteiger partial charge on any atom is 0.314 e. The van der Waals surface area contributed by atoms with Gasteiger partial charge in [0, 0.05) is 32.5 Å². The number of ether oxygens (including phenoxy) is 1. The molecule has 1 atom stereocenters. The van der Waals surface area contributed by atoms with Crippen molar-refractivity contribution < 1.29 is 14.6 Å². The number of carbonyl (C=O) groups excluding carboxylic acids is 1. The van der Waals surface area contributed by atoms with E-state index in [2.05, 4.69) is 10.6 Å². The molecule has 1 aromatic heterocycles. The molecule has 0 bridgehead atoms. The first-order valence-corrected chi connectivity index (χ1v) is 5.97. The van der Waals surface area contributed by atoms with E-state index in [9.17, 15) is 14.7 Å². The Morgan fingerprint density at radius 1 is 1.47 bits per heavy atom. The number of aliphatic hydroxyl groups is 1. The van der Waals surface area contributed by atoms with Gasteiger partial charge in [-0.15, -0.1) is 0 Å². The molecule has 7 heteroatoms. The summed E-state index contributed by atoms with van der Waals surface area (Å²) in [5, 5.41) is 14.8. The third kappa shape index (κ3) is 6.03.